The number of carbonyl (C=O) groups is 1. The van der Waals surface area contributed by atoms with Crippen LogP contribution in [-0.2, 0) is 4.79 Å². The normalized spacial score (nSPS) is 52.9. The highest BCUT2D eigenvalue weighted by Gasteiger charge is 2.65. The molecule has 0 aromatic rings. The standard InChI is InChI=1S/C24H40O5/c1-13(4-7-21(28)29)16-5-6-17-22-18(12-20(27)24(16,17)3)23(2)9-8-15(25)10-14(23)11-19(22)26/h13-20,22,25-27H,4-12H2,1-3H3,(H,28,29)/t13-,14+,15-,16-,17+,18+,19+,20-,22+,23+,24-/m0/s1. The lowest BCUT2D eigenvalue weighted by Crippen LogP contribution is -2.62. The van der Waals surface area contributed by atoms with Gasteiger partial charge in [-0.25, -0.2) is 0 Å². The zero-order valence-corrected chi connectivity index (χ0v) is 18.3. The molecule has 0 heterocycles. The van der Waals surface area contributed by atoms with E-state index in [1.165, 1.54) is 0 Å². The molecule has 4 rings (SSSR count). The average molecular weight is 409 g/mol. The first kappa shape index (κ1) is 21.6. The molecule has 0 aromatic carbocycles. The van der Waals surface area contributed by atoms with Crippen LogP contribution in [0.3, 0.4) is 0 Å². The van der Waals surface area contributed by atoms with Crippen molar-refractivity contribution >= 4 is 5.97 Å². The average Bonchev–Trinajstić information content (AvgIpc) is 3.01. The lowest BCUT2D eigenvalue weighted by molar-refractivity contribution is -0.207. The Balaban J connectivity index is 1.61. The van der Waals surface area contributed by atoms with E-state index in [9.17, 15) is 20.1 Å². The van der Waals surface area contributed by atoms with Crippen LogP contribution in [0, 0.1) is 46.3 Å². The van der Waals surface area contributed by atoms with Crippen LogP contribution in [0.4, 0.5) is 0 Å². The van der Waals surface area contributed by atoms with Crippen LogP contribution in [0.15, 0.2) is 0 Å². The molecular weight excluding hydrogens is 368 g/mol. The first-order valence-corrected chi connectivity index (χ1v) is 11.8. The summed E-state index contributed by atoms with van der Waals surface area (Å²) in [5, 5.41) is 42.0. The molecular formula is C24H40O5. The van der Waals surface area contributed by atoms with Gasteiger partial charge in [-0.1, -0.05) is 20.8 Å². The first-order valence-electron chi connectivity index (χ1n) is 11.8. The molecule has 0 amide bonds. The summed E-state index contributed by atoms with van der Waals surface area (Å²) in [5.74, 6) is 0.997. The molecule has 4 aliphatic carbocycles. The Bertz CT molecular complexity index is 637. The Labute approximate surface area is 174 Å². The van der Waals surface area contributed by atoms with Crippen LogP contribution in [-0.4, -0.2) is 44.7 Å². The predicted molar refractivity (Wildman–Crippen MR) is 110 cm³/mol. The first-order chi connectivity index (χ1) is 13.6. The Hall–Kier alpha value is -0.650. The van der Waals surface area contributed by atoms with Crippen molar-refractivity contribution in [2.75, 3.05) is 0 Å². The molecule has 4 aliphatic rings. The molecule has 5 nitrogen and oxygen atoms in total. The molecule has 0 bridgehead atoms. The van der Waals surface area contributed by atoms with Crippen molar-refractivity contribution in [3.05, 3.63) is 0 Å². The maximum Gasteiger partial charge on any atom is 0.303 e. The van der Waals surface area contributed by atoms with Crippen molar-refractivity contribution in [2.24, 2.45) is 46.3 Å². The Morgan fingerprint density at radius 2 is 1.76 bits per heavy atom. The number of hydrogen-bond acceptors (Lipinski definition) is 4. The highest BCUT2D eigenvalue weighted by molar-refractivity contribution is 5.66. The molecule has 4 fully saturated rings. The van der Waals surface area contributed by atoms with E-state index in [1.807, 2.05) is 0 Å². The second-order valence-corrected chi connectivity index (χ2v) is 11.4. The molecule has 29 heavy (non-hydrogen) atoms. The molecule has 4 saturated carbocycles. The zero-order valence-electron chi connectivity index (χ0n) is 18.3. The van der Waals surface area contributed by atoms with Crippen LogP contribution in [0.25, 0.3) is 0 Å². The van der Waals surface area contributed by atoms with E-state index in [2.05, 4.69) is 20.8 Å². The van der Waals surface area contributed by atoms with Gasteiger partial charge in [0.15, 0.2) is 0 Å². The number of aliphatic hydroxyl groups excluding tert-OH is 3. The summed E-state index contributed by atoms with van der Waals surface area (Å²) < 4.78 is 0. The van der Waals surface area contributed by atoms with Gasteiger partial charge in [-0.2, -0.15) is 0 Å². The van der Waals surface area contributed by atoms with Gasteiger partial charge in [0.05, 0.1) is 18.3 Å². The van der Waals surface area contributed by atoms with Crippen LogP contribution in [0.5, 0.6) is 0 Å². The van der Waals surface area contributed by atoms with Crippen LogP contribution in [0.2, 0.25) is 0 Å². The number of fused-ring (bicyclic) bond motifs is 5. The topological polar surface area (TPSA) is 98.0 Å². The number of aliphatic carboxylic acids is 1. The minimum Gasteiger partial charge on any atom is -0.481 e. The molecule has 0 radical (unpaired) electrons. The monoisotopic (exact) mass is 408 g/mol. The third kappa shape index (κ3) is 3.27. The summed E-state index contributed by atoms with van der Waals surface area (Å²) >= 11 is 0. The Morgan fingerprint density at radius 3 is 2.45 bits per heavy atom. The quantitative estimate of drug-likeness (QED) is 0.571. The van der Waals surface area contributed by atoms with E-state index in [1.54, 1.807) is 0 Å². The van der Waals surface area contributed by atoms with Crippen molar-refractivity contribution in [3.8, 4) is 0 Å². The van der Waals surface area contributed by atoms with Gasteiger partial charge in [-0.05, 0) is 97.7 Å². The van der Waals surface area contributed by atoms with Crippen molar-refractivity contribution in [3.63, 3.8) is 0 Å². The second-order valence-electron chi connectivity index (χ2n) is 11.4. The van der Waals surface area contributed by atoms with Crippen molar-refractivity contribution in [1.82, 2.24) is 0 Å². The molecule has 0 unspecified atom stereocenters. The van der Waals surface area contributed by atoms with Gasteiger partial charge >= 0.3 is 5.97 Å². The smallest absolute Gasteiger partial charge is 0.303 e. The Morgan fingerprint density at radius 1 is 1.03 bits per heavy atom. The number of aliphatic hydroxyl groups is 3. The van der Waals surface area contributed by atoms with Crippen LogP contribution < -0.4 is 0 Å². The number of carboxylic acids is 1. The van der Waals surface area contributed by atoms with Gasteiger partial charge in [-0.3, -0.25) is 4.79 Å². The fourth-order valence-corrected chi connectivity index (χ4v) is 8.68. The second kappa shape index (κ2) is 7.49. The van der Waals surface area contributed by atoms with Gasteiger partial charge in [0.1, 0.15) is 0 Å². The molecule has 0 aromatic heterocycles. The molecule has 0 aliphatic heterocycles. The minimum atomic E-state index is -0.748. The number of rotatable bonds is 4. The van der Waals surface area contributed by atoms with Crippen molar-refractivity contribution in [2.45, 2.75) is 96.9 Å². The van der Waals surface area contributed by atoms with Crippen LogP contribution in [0.1, 0.15) is 78.6 Å². The molecule has 11 atom stereocenters. The third-order valence-electron chi connectivity index (χ3n) is 10.3. The highest BCUT2D eigenvalue weighted by atomic mass is 16.4. The van der Waals surface area contributed by atoms with E-state index in [-0.39, 0.29) is 41.3 Å². The maximum atomic E-state index is 11.5. The molecule has 0 spiro atoms. The van der Waals surface area contributed by atoms with Gasteiger partial charge in [0, 0.05) is 6.42 Å². The van der Waals surface area contributed by atoms with E-state index < -0.39 is 12.1 Å². The summed E-state index contributed by atoms with van der Waals surface area (Å²) in [6, 6.07) is 0. The van der Waals surface area contributed by atoms with Gasteiger partial charge in [0.2, 0.25) is 0 Å². The SMILES string of the molecule is C[C@@H](CCC(=O)O)[C@@H]1CC[C@@H]2[C@H]3[C@H](O)C[C@H]4C[C@@H](O)CC[C@@]4(C)[C@@H]3C[C@H](O)[C@]21C. The number of hydrogen-bond donors (Lipinski definition) is 4. The predicted octanol–water partition coefficient (Wildman–Crippen LogP) is 3.45. The van der Waals surface area contributed by atoms with E-state index in [0.29, 0.717) is 30.1 Å². The fraction of sp³-hybridized carbons (Fsp3) is 0.958. The van der Waals surface area contributed by atoms with Gasteiger partial charge in [0.25, 0.3) is 0 Å². The summed E-state index contributed by atoms with van der Waals surface area (Å²) in [5.41, 5.74) is -0.143. The third-order valence-corrected chi connectivity index (χ3v) is 10.3. The van der Waals surface area contributed by atoms with Crippen LogP contribution >= 0.6 is 0 Å². The molecule has 4 N–H and O–H groups in total. The lowest BCUT2D eigenvalue weighted by Gasteiger charge is -2.63. The largest absolute Gasteiger partial charge is 0.481 e. The van der Waals surface area contributed by atoms with E-state index in [4.69, 9.17) is 5.11 Å². The van der Waals surface area contributed by atoms with E-state index in [0.717, 1.165) is 44.9 Å². The zero-order chi connectivity index (χ0) is 21.1. The summed E-state index contributed by atoms with van der Waals surface area (Å²) in [4.78, 5) is 11.1. The lowest BCUT2D eigenvalue weighted by atomic mass is 9.43. The molecule has 0 saturated heterocycles. The van der Waals surface area contributed by atoms with E-state index >= 15 is 0 Å². The highest BCUT2D eigenvalue weighted by Crippen LogP contribution is 2.68. The van der Waals surface area contributed by atoms with Gasteiger partial charge < -0.3 is 20.4 Å². The maximum absolute atomic E-state index is 11.5. The van der Waals surface area contributed by atoms with Gasteiger partial charge in [-0.15, -0.1) is 0 Å². The molecule has 5 heteroatoms. The summed E-state index contributed by atoms with van der Waals surface area (Å²) in [6.07, 6.45) is 6.00. The minimum absolute atomic E-state index is 0.0957. The fourth-order valence-electron chi connectivity index (χ4n) is 8.68. The Kier molecular flexibility index (Phi) is 5.57. The summed E-state index contributed by atoms with van der Waals surface area (Å²) in [6.45, 7) is 6.72. The van der Waals surface area contributed by atoms with Crippen molar-refractivity contribution < 1.29 is 25.2 Å². The summed E-state index contributed by atoms with van der Waals surface area (Å²) in [7, 11) is 0. The molecule has 166 valence electrons. The number of carboxylic acid groups (broad SMARTS) is 1. The van der Waals surface area contributed by atoms with Crippen molar-refractivity contribution in [1.29, 1.82) is 0 Å².